The fraction of sp³-hybridized carbons (Fsp3) is 0.389. The summed E-state index contributed by atoms with van der Waals surface area (Å²) in [5, 5.41) is 5.22. The summed E-state index contributed by atoms with van der Waals surface area (Å²) in [5.74, 6) is -0.447. The summed E-state index contributed by atoms with van der Waals surface area (Å²) < 4.78 is 44.2. The molecular formula is C18H18F3N5O4. The van der Waals surface area contributed by atoms with E-state index in [9.17, 15) is 22.8 Å². The Balaban J connectivity index is 1.44. The molecule has 9 nitrogen and oxygen atoms in total. The average molecular weight is 425 g/mol. The summed E-state index contributed by atoms with van der Waals surface area (Å²) in [6.07, 6.45) is -0.232. The number of nitrogens with one attached hydrogen (secondary N) is 2. The maximum absolute atomic E-state index is 12.3. The summed E-state index contributed by atoms with van der Waals surface area (Å²) in [7, 11) is 0. The topological polar surface area (TPSA) is 115 Å². The zero-order valence-electron chi connectivity index (χ0n) is 15.6. The van der Waals surface area contributed by atoms with Crippen LogP contribution in [-0.4, -0.2) is 46.3 Å². The number of hydrogen-bond donors (Lipinski definition) is 2. The Kier molecular flexibility index (Phi) is 6.77. The van der Waals surface area contributed by atoms with Crippen molar-refractivity contribution < 1.29 is 32.2 Å². The third-order valence-electron chi connectivity index (χ3n) is 3.92. The molecule has 0 aliphatic heterocycles. The van der Waals surface area contributed by atoms with Crippen LogP contribution in [0.1, 0.15) is 28.9 Å². The first-order valence-corrected chi connectivity index (χ1v) is 9.01. The summed E-state index contributed by atoms with van der Waals surface area (Å²) in [4.78, 5) is 35.9. The van der Waals surface area contributed by atoms with Crippen molar-refractivity contribution in [3.05, 3.63) is 41.9 Å². The SMILES string of the molecule is O=C(NCc1ccc(OCCOC(F)(F)F)nc1)c1ccnc(NC(=O)C2CC2)n1. The third kappa shape index (κ3) is 6.95. The van der Waals surface area contributed by atoms with Gasteiger partial charge in [-0.05, 0) is 24.5 Å². The minimum Gasteiger partial charge on any atom is -0.475 e. The van der Waals surface area contributed by atoms with Crippen molar-refractivity contribution in [3.63, 3.8) is 0 Å². The van der Waals surface area contributed by atoms with Crippen LogP contribution >= 0.6 is 0 Å². The number of anilines is 1. The van der Waals surface area contributed by atoms with Crippen LogP contribution in [0.4, 0.5) is 19.1 Å². The minimum absolute atomic E-state index is 0.0114. The molecule has 1 saturated carbocycles. The molecule has 2 amide bonds. The average Bonchev–Trinajstić information content (AvgIpc) is 3.55. The van der Waals surface area contributed by atoms with E-state index in [1.54, 1.807) is 6.07 Å². The number of carbonyl (C=O) groups is 2. The van der Waals surface area contributed by atoms with E-state index >= 15 is 0 Å². The number of pyridine rings is 1. The van der Waals surface area contributed by atoms with Crippen molar-refractivity contribution in [3.8, 4) is 5.88 Å². The summed E-state index contributed by atoms with van der Waals surface area (Å²) in [5.41, 5.74) is 0.729. The molecule has 0 spiro atoms. The van der Waals surface area contributed by atoms with Crippen LogP contribution in [0.25, 0.3) is 0 Å². The maximum atomic E-state index is 12.3. The summed E-state index contributed by atoms with van der Waals surface area (Å²) >= 11 is 0. The molecule has 1 fully saturated rings. The van der Waals surface area contributed by atoms with E-state index in [1.807, 2.05) is 0 Å². The number of amides is 2. The number of carbonyl (C=O) groups excluding carboxylic acids is 2. The summed E-state index contributed by atoms with van der Waals surface area (Å²) in [6, 6.07) is 4.49. The van der Waals surface area contributed by atoms with Crippen molar-refractivity contribution in [1.29, 1.82) is 0 Å². The van der Waals surface area contributed by atoms with Crippen LogP contribution in [0.5, 0.6) is 5.88 Å². The van der Waals surface area contributed by atoms with E-state index in [0.29, 0.717) is 5.56 Å². The van der Waals surface area contributed by atoms with E-state index < -0.39 is 18.9 Å². The van der Waals surface area contributed by atoms with Gasteiger partial charge in [-0.25, -0.2) is 15.0 Å². The molecule has 30 heavy (non-hydrogen) atoms. The zero-order chi connectivity index (χ0) is 21.6. The number of hydrogen-bond acceptors (Lipinski definition) is 7. The first kappa shape index (κ1) is 21.4. The number of halogens is 3. The highest BCUT2D eigenvalue weighted by atomic mass is 19.4. The van der Waals surface area contributed by atoms with Crippen molar-refractivity contribution in [2.75, 3.05) is 18.5 Å². The molecular weight excluding hydrogens is 407 g/mol. The second-order valence-corrected chi connectivity index (χ2v) is 6.36. The summed E-state index contributed by atoms with van der Waals surface area (Å²) in [6.45, 7) is -0.821. The van der Waals surface area contributed by atoms with Crippen molar-refractivity contribution >= 4 is 17.8 Å². The molecule has 0 atom stereocenters. The van der Waals surface area contributed by atoms with E-state index in [-0.39, 0.29) is 42.5 Å². The Morgan fingerprint density at radius 2 is 1.93 bits per heavy atom. The molecule has 0 unspecified atom stereocenters. The van der Waals surface area contributed by atoms with Crippen molar-refractivity contribution in [1.82, 2.24) is 20.3 Å². The van der Waals surface area contributed by atoms with Crippen LogP contribution in [0, 0.1) is 5.92 Å². The number of nitrogens with zero attached hydrogens (tertiary/aromatic N) is 3. The van der Waals surface area contributed by atoms with Gasteiger partial charge in [0.05, 0.1) is 6.61 Å². The van der Waals surface area contributed by atoms with Gasteiger partial charge in [0.25, 0.3) is 5.91 Å². The molecule has 0 aromatic carbocycles. The molecule has 160 valence electrons. The number of alkyl halides is 3. The predicted octanol–water partition coefficient (Wildman–Crippen LogP) is 2.07. The van der Waals surface area contributed by atoms with Gasteiger partial charge in [0.15, 0.2) is 0 Å². The zero-order valence-corrected chi connectivity index (χ0v) is 15.6. The van der Waals surface area contributed by atoms with Gasteiger partial charge in [-0.3, -0.25) is 19.6 Å². The van der Waals surface area contributed by atoms with Gasteiger partial charge < -0.3 is 10.1 Å². The molecule has 12 heteroatoms. The van der Waals surface area contributed by atoms with E-state index in [1.165, 1.54) is 24.5 Å². The van der Waals surface area contributed by atoms with Gasteiger partial charge >= 0.3 is 6.36 Å². The van der Waals surface area contributed by atoms with E-state index in [0.717, 1.165) is 12.8 Å². The van der Waals surface area contributed by atoms with Crippen LogP contribution < -0.4 is 15.4 Å². The van der Waals surface area contributed by atoms with Crippen molar-refractivity contribution in [2.45, 2.75) is 25.7 Å². The van der Waals surface area contributed by atoms with Gasteiger partial charge in [0.1, 0.15) is 12.3 Å². The lowest BCUT2D eigenvalue weighted by molar-refractivity contribution is -0.325. The van der Waals surface area contributed by atoms with Crippen LogP contribution in [0.15, 0.2) is 30.6 Å². The predicted molar refractivity (Wildman–Crippen MR) is 96.3 cm³/mol. The molecule has 3 rings (SSSR count). The number of ether oxygens (including phenoxy) is 2. The van der Waals surface area contributed by atoms with Gasteiger partial charge in [-0.1, -0.05) is 6.07 Å². The lowest BCUT2D eigenvalue weighted by Crippen LogP contribution is -2.25. The smallest absolute Gasteiger partial charge is 0.475 e. The minimum atomic E-state index is -4.70. The largest absolute Gasteiger partial charge is 0.522 e. The normalized spacial score (nSPS) is 13.6. The lowest BCUT2D eigenvalue weighted by Gasteiger charge is -2.09. The molecule has 2 aromatic rings. The first-order valence-electron chi connectivity index (χ1n) is 9.01. The maximum Gasteiger partial charge on any atom is 0.522 e. The van der Waals surface area contributed by atoms with Crippen LogP contribution in [0.2, 0.25) is 0 Å². The van der Waals surface area contributed by atoms with Gasteiger partial charge in [-0.2, -0.15) is 0 Å². The third-order valence-corrected chi connectivity index (χ3v) is 3.92. The Hall–Kier alpha value is -3.28. The fourth-order valence-corrected chi connectivity index (χ4v) is 2.28. The second kappa shape index (κ2) is 9.48. The second-order valence-electron chi connectivity index (χ2n) is 6.36. The highest BCUT2D eigenvalue weighted by Crippen LogP contribution is 2.29. The Labute approximate surface area is 169 Å². The molecule has 0 saturated heterocycles. The molecule has 0 radical (unpaired) electrons. The number of rotatable bonds is 9. The highest BCUT2D eigenvalue weighted by molar-refractivity contribution is 5.94. The van der Waals surface area contributed by atoms with E-state index in [2.05, 4.69) is 30.3 Å². The van der Waals surface area contributed by atoms with Gasteiger partial charge in [-0.15, -0.1) is 13.2 Å². The Bertz CT molecular complexity index is 888. The molecule has 1 aliphatic rings. The fourth-order valence-electron chi connectivity index (χ4n) is 2.28. The van der Waals surface area contributed by atoms with Crippen LogP contribution in [-0.2, 0) is 16.1 Å². The van der Waals surface area contributed by atoms with Crippen LogP contribution in [0.3, 0.4) is 0 Å². The van der Waals surface area contributed by atoms with Gasteiger partial charge in [0, 0.05) is 30.9 Å². The molecule has 2 aromatic heterocycles. The molecule has 2 heterocycles. The monoisotopic (exact) mass is 425 g/mol. The Morgan fingerprint density at radius 3 is 2.60 bits per heavy atom. The van der Waals surface area contributed by atoms with Crippen molar-refractivity contribution in [2.24, 2.45) is 5.92 Å². The Morgan fingerprint density at radius 1 is 1.13 bits per heavy atom. The molecule has 2 N–H and O–H groups in total. The lowest BCUT2D eigenvalue weighted by atomic mass is 10.2. The highest BCUT2D eigenvalue weighted by Gasteiger charge is 2.30. The van der Waals surface area contributed by atoms with E-state index in [4.69, 9.17) is 4.74 Å². The first-order chi connectivity index (χ1) is 14.3. The number of aromatic nitrogens is 3. The quantitative estimate of drug-likeness (QED) is 0.591. The molecule has 1 aliphatic carbocycles. The van der Waals surface area contributed by atoms with Gasteiger partial charge in [0.2, 0.25) is 17.7 Å². The molecule has 0 bridgehead atoms. The standard InChI is InChI=1S/C18H18F3N5O4/c19-18(20,21)30-8-7-29-14-4-1-11(9-23-14)10-24-16(28)13-5-6-22-17(25-13)26-15(27)12-2-3-12/h1,4-6,9,12H,2-3,7-8,10H2,(H,24,28)(H,22,25,26,27).